The smallest absolute Gasteiger partial charge is 0.244 e. The summed E-state index contributed by atoms with van der Waals surface area (Å²) < 4.78 is 0. The lowest BCUT2D eigenvalue weighted by Crippen LogP contribution is -2.51. The Morgan fingerprint density at radius 3 is 2.58 bits per heavy atom. The number of benzene rings is 2. The average Bonchev–Trinajstić information content (AvgIpc) is 3.92. The van der Waals surface area contributed by atoms with E-state index in [-0.39, 0.29) is 30.4 Å². The third-order valence-corrected chi connectivity index (χ3v) is 9.99. The zero-order valence-electron chi connectivity index (χ0n) is 26.6. The molecule has 2 bridgehead atoms. The van der Waals surface area contributed by atoms with Crippen LogP contribution >= 0.6 is 0 Å². The zero-order valence-corrected chi connectivity index (χ0v) is 26.6. The maximum absolute atomic E-state index is 13.7. The minimum Gasteiger partial charge on any atom is -0.365 e. The molecule has 2 aromatic carbocycles. The molecule has 6 heterocycles. The summed E-state index contributed by atoms with van der Waals surface area (Å²) >= 11 is 0. The number of piperazine rings is 1. The number of hydrogen-bond donors (Lipinski definition) is 2. The van der Waals surface area contributed by atoms with Crippen molar-refractivity contribution in [3.8, 4) is 35.0 Å². The molecule has 3 aliphatic heterocycles. The summed E-state index contributed by atoms with van der Waals surface area (Å²) in [6.45, 7) is 4.61. The van der Waals surface area contributed by atoms with E-state index >= 15 is 0 Å². The molecule has 0 radical (unpaired) electrons. The largest absolute Gasteiger partial charge is 0.365 e. The van der Waals surface area contributed by atoms with E-state index in [0.717, 1.165) is 52.1 Å². The van der Waals surface area contributed by atoms with Crippen LogP contribution in [-0.2, 0) is 9.59 Å². The van der Waals surface area contributed by atoms with E-state index in [4.69, 9.17) is 6.42 Å². The molecule has 3 fully saturated rings. The molecule has 3 aliphatic rings. The fourth-order valence-corrected chi connectivity index (χ4v) is 7.47. The number of likely N-dealkylation sites (tertiary alicyclic amines) is 2. The van der Waals surface area contributed by atoms with Gasteiger partial charge in [0.1, 0.15) is 11.1 Å². The van der Waals surface area contributed by atoms with Crippen LogP contribution in [0, 0.1) is 24.7 Å². The minimum atomic E-state index is -1.02. The molecule has 2 amide bonds. The first-order valence-electron chi connectivity index (χ1n) is 16.3. The molecule has 11 heteroatoms. The molecule has 0 saturated carbocycles. The highest BCUT2D eigenvalue weighted by molar-refractivity contribution is 6.01. The number of rotatable bonds is 7. The topological polar surface area (TPSA) is 123 Å². The monoisotopic (exact) mass is 637 g/mol. The van der Waals surface area contributed by atoms with Crippen LogP contribution in [0.5, 0.6) is 0 Å². The number of aromatic amines is 1. The Bertz CT molecular complexity index is 2060. The molecule has 240 valence electrons. The molecule has 8 rings (SSSR count). The van der Waals surface area contributed by atoms with Gasteiger partial charge in [-0.2, -0.15) is 5.10 Å². The Morgan fingerprint density at radius 2 is 1.83 bits per heavy atom. The van der Waals surface area contributed by atoms with Crippen molar-refractivity contribution in [3.63, 3.8) is 0 Å². The standard InChI is InChI=1S/C37H35N9O2/c1-3-37(36(48)41-27-7-10-32-31(18-27)34(43-42-32)26-11-15-38-24(2)17-26)12-16-44(23-37)22-33(47)46-21-29-19-30(46)20-45(29)28-8-5-25(6-9-28)35-39-13-4-14-40-35/h1,4-11,13-15,17-18,29-30H,12,16,19-23H2,2H3,(H,41,48)(H,42,43). The lowest BCUT2D eigenvalue weighted by atomic mass is 9.87. The van der Waals surface area contributed by atoms with Gasteiger partial charge in [-0.3, -0.25) is 24.6 Å². The number of hydrogen-bond acceptors (Lipinski definition) is 8. The van der Waals surface area contributed by atoms with Gasteiger partial charge in [0.15, 0.2) is 5.82 Å². The molecular weight excluding hydrogens is 602 g/mol. The van der Waals surface area contributed by atoms with Crippen molar-refractivity contribution in [1.82, 2.24) is 34.9 Å². The number of fused-ring (bicyclic) bond motifs is 3. The van der Waals surface area contributed by atoms with Gasteiger partial charge in [0.05, 0.1) is 18.1 Å². The van der Waals surface area contributed by atoms with E-state index in [9.17, 15) is 9.59 Å². The molecule has 3 unspecified atom stereocenters. The van der Waals surface area contributed by atoms with E-state index < -0.39 is 5.41 Å². The van der Waals surface area contributed by atoms with Gasteiger partial charge >= 0.3 is 0 Å². The molecule has 3 saturated heterocycles. The van der Waals surface area contributed by atoms with Crippen molar-refractivity contribution in [3.05, 3.63) is 84.9 Å². The van der Waals surface area contributed by atoms with Gasteiger partial charge in [0.2, 0.25) is 11.8 Å². The van der Waals surface area contributed by atoms with Gasteiger partial charge in [-0.05, 0) is 80.4 Å². The summed E-state index contributed by atoms with van der Waals surface area (Å²) in [6, 6.07) is 20.1. The Balaban J connectivity index is 0.889. The zero-order chi connectivity index (χ0) is 32.8. The Morgan fingerprint density at radius 1 is 1.00 bits per heavy atom. The van der Waals surface area contributed by atoms with Crippen molar-refractivity contribution < 1.29 is 9.59 Å². The summed E-state index contributed by atoms with van der Waals surface area (Å²) in [4.78, 5) is 46.6. The fraction of sp³-hybridized carbons (Fsp3) is 0.297. The third kappa shape index (κ3) is 5.34. The summed E-state index contributed by atoms with van der Waals surface area (Å²) in [6.07, 6.45) is 12.7. The number of terminal acetylenes is 1. The molecule has 11 nitrogen and oxygen atoms in total. The maximum Gasteiger partial charge on any atom is 0.244 e. The Kier molecular flexibility index (Phi) is 7.37. The van der Waals surface area contributed by atoms with Crippen molar-refractivity contribution in [2.75, 3.05) is 42.9 Å². The first-order valence-corrected chi connectivity index (χ1v) is 16.3. The lowest BCUT2D eigenvalue weighted by molar-refractivity contribution is -0.133. The van der Waals surface area contributed by atoms with Crippen molar-refractivity contribution in [2.45, 2.75) is 31.8 Å². The minimum absolute atomic E-state index is 0.0937. The van der Waals surface area contributed by atoms with E-state index in [1.807, 2.05) is 53.1 Å². The third-order valence-electron chi connectivity index (χ3n) is 9.99. The second-order valence-corrected chi connectivity index (χ2v) is 13.0. The van der Waals surface area contributed by atoms with Crippen LogP contribution in [0.25, 0.3) is 33.5 Å². The maximum atomic E-state index is 13.7. The number of nitrogens with one attached hydrogen (secondary N) is 2. The second-order valence-electron chi connectivity index (χ2n) is 13.0. The molecule has 5 aromatic rings. The van der Waals surface area contributed by atoms with Crippen LogP contribution in [0.4, 0.5) is 11.4 Å². The van der Waals surface area contributed by atoms with E-state index in [2.05, 4.69) is 65.6 Å². The van der Waals surface area contributed by atoms with Crippen molar-refractivity contribution in [2.24, 2.45) is 5.41 Å². The summed E-state index contributed by atoms with van der Waals surface area (Å²) in [5.74, 6) is 3.36. The van der Waals surface area contributed by atoms with E-state index in [1.165, 1.54) is 0 Å². The van der Waals surface area contributed by atoms with Crippen LogP contribution in [0.15, 0.2) is 79.3 Å². The molecular formula is C37H35N9O2. The van der Waals surface area contributed by atoms with Gasteiger partial charge < -0.3 is 15.1 Å². The van der Waals surface area contributed by atoms with Crippen LogP contribution in [0.2, 0.25) is 0 Å². The van der Waals surface area contributed by atoms with Gasteiger partial charge in [0.25, 0.3) is 0 Å². The predicted molar refractivity (Wildman–Crippen MR) is 184 cm³/mol. The number of aromatic nitrogens is 5. The number of amides is 2. The van der Waals surface area contributed by atoms with Crippen LogP contribution < -0.4 is 10.2 Å². The number of aryl methyl sites for hydroxylation is 1. The van der Waals surface area contributed by atoms with Crippen LogP contribution in [-0.4, -0.2) is 91.6 Å². The summed E-state index contributed by atoms with van der Waals surface area (Å²) in [5, 5.41) is 11.5. The molecule has 2 N–H and O–H groups in total. The van der Waals surface area contributed by atoms with Gasteiger partial charge in [-0.1, -0.05) is 5.92 Å². The average molecular weight is 638 g/mol. The van der Waals surface area contributed by atoms with Crippen molar-refractivity contribution >= 4 is 34.1 Å². The van der Waals surface area contributed by atoms with E-state index in [0.29, 0.717) is 37.6 Å². The second kappa shape index (κ2) is 11.9. The highest BCUT2D eigenvalue weighted by atomic mass is 16.2. The number of anilines is 2. The SMILES string of the molecule is C#CC1(C(=O)Nc2ccc3[nH]nc(-c4ccnc(C)c4)c3c2)CCN(CC(=O)N2CC3CC2CN3c2ccc(-c3ncccn3)cc2)C1. The van der Waals surface area contributed by atoms with Crippen molar-refractivity contribution in [1.29, 1.82) is 0 Å². The fourth-order valence-electron chi connectivity index (χ4n) is 7.47. The number of nitrogens with zero attached hydrogens (tertiary/aromatic N) is 7. The molecule has 3 aromatic heterocycles. The van der Waals surface area contributed by atoms with Crippen LogP contribution in [0.1, 0.15) is 18.5 Å². The summed E-state index contributed by atoms with van der Waals surface area (Å²) in [5.41, 5.74) is 5.25. The molecule has 48 heavy (non-hydrogen) atoms. The Labute approximate surface area is 278 Å². The lowest BCUT2D eigenvalue weighted by Gasteiger charge is -2.36. The number of H-pyrrole nitrogens is 1. The molecule has 0 spiro atoms. The predicted octanol–water partition coefficient (Wildman–Crippen LogP) is 4.14. The number of carbonyl (C=O) groups excluding carboxylic acids is 2. The highest BCUT2D eigenvalue weighted by Gasteiger charge is 2.47. The number of pyridine rings is 1. The highest BCUT2D eigenvalue weighted by Crippen LogP contribution is 2.37. The number of carbonyl (C=O) groups is 2. The molecule has 3 atom stereocenters. The first-order chi connectivity index (χ1) is 23.4. The summed E-state index contributed by atoms with van der Waals surface area (Å²) in [7, 11) is 0. The first kappa shape index (κ1) is 29.8. The molecule has 0 aliphatic carbocycles. The van der Waals surface area contributed by atoms with Gasteiger partial charge in [-0.25, -0.2) is 9.97 Å². The van der Waals surface area contributed by atoms with E-state index in [1.54, 1.807) is 18.6 Å². The van der Waals surface area contributed by atoms with Crippen LogP contribution in [0.3, 0.4) is 0 Å². The quantitative estimate of drug-likeness (QED) is 0.256. The Hall–Kier alpha value is -5.60. The normalized spacial score (nSPS) is 21.9. The van der Waals surface area contributed by atoms with Gasteiger partial charge in [-0.15, -0.1) is 6.42 Å². The van der Waals surface area contributed by atoms with Gasteiger partial charge in [0, 0.05) is 84.4 Å².